The van der Waals surface area contributed by atoms with E-state index in [-0.39, 0.29) is 28.9 Å². The SMILES string of the molecule is CC(Oc1ccc(C(C)(C)C)cc1)C(=O)N(Cc1ccc(Cl)cc1)C1CCS(=O)(=O)C1. The quantitative estimate of drug-likeness (QED) is 0.627. The van der Waals surface area contributed by atoms with Crippen LogP contribution >= 0.6 is 11.6 Å². The summed E-state index contributed by atoms with van der Waals surface area (Å²) in [6, 6.07) is 14.6. The Hall–Kier alpha value is -2.05. The summed E-state index contributed by atoms with van der Waals surface area (Å²) in [5.41, 5.74) is 2.10. The zero-order valence-electron chi connectivity index (χ0n) is 18.5. The summed E-state index contributed by atoms with van der Waals surface area (Å²) in [5, 5.41) is 0.612. The molecule has 1 aliphatic heterocycles. The topological polar surface area (TPSA) is 63.7 Å². The minimum Gasteiger partial charge on any atom is -0.481 e. The molecule has 0 radical (unpaired) electrons. The van der Waals surface area contributed by atoms with E-state index < -0.39 is 15.9 Å². The van der Waals surface area contributed by atoms with Crippen molar-refractivity contribution in [1.82, 2.24) is 4.90 Å². The van der Waals surface area contributed by atoms with Crippen molar-refractivity contribution in [3.8, 4) is 5.75 Å². The van der Waals surface area contributed by atoms with Gasteiger partial charge in [0.25, 0.3) is 5.91 Å². The number of hydrogen-bond donors (Lipinski definition) is 0. The Balaban J connectivity index is 1.77. The van der Waals surface area contributed by atoms with Crippen molar-refractivity contribution < 1.29 is 17.9 Å². The van der Waals surface area contributed by atoms with Crippen LogP contribution in [0, 0.1) is 0 Å². The van der Waals surface area contributed by atoms with Crippen LogP contribution in [0.2, 0.25) is 5.02 Å². The number of amides is 1. The fourth-order valence-electron chi connectivity index (χ4n) is 3.72. The Morgan fingerprint density at radius 1 is 1.13 bits per heavy atom. The predicted molar refractivity (Wildman–Crippen MR) is 124 cm³/mol. The molecule has 7 heteroatoms. The third-order valence-corrected chi connectivity index (χ3v) is 7.58. The van der Waals surface area contributed by atoms with Gasteiger partial charge in [0.2, 0.25) is 0 Å². The number of carbonyl (C=O) groups excluding carboxylic acids is 1. The Morgan fingerprint density at radius 2 is 1.74 bits per heavy atom. The lowest BCUT2D eigenvalue weighted by atomic mass is 9.87. The van der Waals surface area contributed by atoms with Crippen LogP contribution in [0.25, 0.3) is 0 Å². The van der Waals surface area contributed by atoms with Gasteiger partial charge < -0.3 is 9.64 Å². The molecule has 31 heavy (non-hydrogen) atoms. The van der Waals surface area contributed by atoms with E-state index in [0.29, 0.717) is 23.7 Å². The standard InChI is InChI=1S/C24H30ClNO4S/c1-17(30-22-11-7-19(8-12-22)24(2,3)4)23(27)26(21-13-14-31(28,29)16-21)15-18-5-9-20(25)10-6-18/h5-12,17,21H,13-16H2,1-4H3. The van der Waals surface area contributed by atoms with E-state index in [2.05, 4.69) is 20.8 Å². The maximum atomic E-state index is 13.3. The molecular weight excluding hydrogens is 434 g/mol. The summed E-state index contributed by atoms with van der Waals surface area (Å²) in [6.07, 6.45) is -0.301. The van der Waals surface area contributed by atoms with Crippen molar-refractivity contribution in [2.24, 2.45) is 0 Å². The summed E-state index contributed by atoms with van der Waals surface area (Å²) in [7, 11) is -3.13. The molecule has 168 valence electrons. The van der Waals surface area contributed by atoms with Gasteiger partial charge in [-0.25, -0.2) is 8.42 Å². The summed E-state index contributed by atoms with van der Waals surface area (Å²) in [5.74, 6) is 0.474. The van der Waals surface area contributed by atoms with E-state index in [1.807, 2.05) is 36.4 Å². The third kappa shape index (κ3) is 6.23. The summed E-state index contributed by atoms with van der Waals surface area (Å²) in [6.45, 7) is 8.43. The van der Waals surface area contributed by atoms with E-state index in [4.69, 9.17) is 16.3 Å². The highest BCUT2D eigenvalue weighted by Gasteiger charge is 2.36. The van der Waals surface area contributed by atoms with Crippen molar-refractivity contribution in [3.05, 3.63) is 64.7 Å². The first-order valence-corrected chi connectivity index (χ1v) is 12.7. The molecule has 1 heterocycles. The predicted octanol–water partition coefficient (Wildman–Crippen LogP) is 4.62. The average Bonchev–Trinajstić information content (AvgIpc) is 3.06. The van der Waals surface area contributed by atoms with Crippen LogP contribution in [0.5, 0.6) is 5.75 Å². The van der Waals surface area contributed by atoms with Crippen LogP contribution in [-0.4, -0.2) is 42.9 Å². The molecule has 0 N–H and O–H groups in total. The highest BCUT2D eigenvalue weighted by atomic mass is 35.5. The second-order valence-electron chi connectivity index (χ2n) is 9.18. The van der Waals surface area contributed by atoms with Gasteiger partial charge in [-0.05, 0) is 54.2 Å². The molecule has 1 fully saturated rings. The van der Waals surface area contributed by atoms with Crippen molar-refractivity contribution in [2.45, 2.75) is 58.2 Å². The van der Waals surface area contributed by atoms with Gasteiger partial charge in [-0.3, -0.25) is 4.79 Å². The maximum Gasteiger partial charge on any atom is 0.263 e. The number of rotatable bonds is 6. The van der Waals surface area contributed by atoms with E-state index in [9.17, 15) is 13.2 Å². The second-order valence-corrected chi connectivity index (χ2v) is 11.8. The first-order valence-electron chi connectivity index (χ1n) is 10.5. The Morgan fingerprint density at radius 3 is 2.26 bits per heavy atom. The van der Waals surface area contributed by atoms with Gasteiger partial charge in [-0.15, -0.1) is 0 Å². The number of carbonyl (C=O) groups is 1. The van der Waals surface area contributed by atoms with Crippen LogP contribution in [-0.2, 0) is 26.6 Å². The monoisotopic (exact) mass is 463 g/mol. The Bertz CT molecular complexity index is 1010. The smallest absolute Gasteiger partial charge is 0.263 e. The average molecular weight is 464 g/mol. The van der Waals surface area contributed by atoms with Crippen molar-refractivity contribution in [1.29, 1.82) is 0 Å². The Labute approximate surface area is 190 Å². The van der Waals surface area contributed by atoms with E-state index >= 15 is 0 Å². The van der Waals surface area contributed by atoms with Crippen LogP contribution in [0.3, 0.4) is 0 Å². The van der Waals surface area contributed by atoms with Crippen LogP contribution in [0.1, 0.15) is 45.2 Å². The zero-order chi connectivity index (χ0) is 22.8. The molecule has 1 aliphatic rings. The molecule has 2 atom stereocenters. The van der Waals surface area contributed by atoms with E-state index in [0.717, 1.165) is 5.56 Å². The largest absolute Gasteiger partial charge is 0.481 e. The second kappa shape index (κ2) is 9.21. The molecule has 1 saturated heterocycles. The van der Waals surface area contributed by atoms with E-state index in [1.165, 1.54) is 5.56 Å². The molecular formula is C24H30ClNO4S. The first kappa shape index (κ1) is 23.6. The van der Waals surface area contributed by atoms with E-state index in [1.54, 1.807) is 24.0 Å². The van der Waals surface area contributed by atoms with Crippen molar-refractivity contribution in [2.75, 3.05) is 11.5 Å². The lowest BCUT2D eigenvalue weighted by Gasteiger charge is -2.31. The summed E-state index contributed by atoms with van der Waals surface area (Å²) >= 11 is 5.98. The lowest BCUT2D eigenvalue weighted by molar-refractivity contribution is -0.140. The molecule has 2 aromatic carbocycles. The fraction of sp³-hybridized carbons (Fsp3) is 0.458. The van der Waals surface area contributed by atoms with Gasteiger partial charge in [0, 0.05) is 17.6 Å². The van der Waals surface area contributed by atoms with Gasteiger partial charge in [-0.1, -0.05) is 56.6 Å². The van der Waals surface area contributed by atoms with Crippen molar-refractivity contribution >= 4 is 27.3 Å². The molecule has 1 amide bonds. The third-order valence-electron chi connectivity index (χ3n) is 5.58. The van der Waals surface area contributed by atoms with Crippen LogP contribution in [0.15, 0.2) is 48.5 Å². The summed E-state index contributed by atoms with van der Waals surface area (Å²) in [4.78, 5) is 15.0. The highest BCUT2D eigenvalue weighted by Crippen LogP contribution is 2.26. The minimum atomic E-state index is -3.13. The maximum absolute atomic E-state index is 13.3. The molecule has 0 spiro atoms. The fourth-order valence-corrected chi connectivity index (χ4v) is 5.57. The number of nitrogens with zero attached hydrogens (tertiary/aromatic N) is 1. The first-order chi connectivity index (χ1) is 14.4. The van der Waals surface area contributed by atoms with Gasteiger partial charge in [-0.2, -0.15) is 0 Å². The molecule has 0 bridgehead atoms. The molecule has 3 rings (SSSR count). The van der Waals surface area contributed by atoms with Crippen molar-refractivity contribution in [3.63, 3.8) is 0 Å². The highest BCUT2D eigenvalue weighted by molar-refractivity contribution is 7.91. The number of hydrogen-bond acceptors (Lipinski definition) is 4. The van der Waals surface area contributed by atoms with Crippen LogP contribution in [0.4, 0.5) is 0 Å². The minimum absolute atomic E-state index is 0.0146. The number of sulfone groups is 1. The molecule has 2 aromatic rings. The van der Waals surface area contributed by atoms with Crippen LogP contribution < -0.4 is 4.74 Å². The number of benzene rings is 2. The number of ether oxygens (including phenoxy) is 1. The lowest BCUT2D eigenvalue weighted by Crippen LogP contribution is -2.46. The normalized spacial score (nSPS) is 19.1. The number of halogens is 1. The summed E-state index contributed by atoms with van der Waals surface area (Å²) < 4.78 is 30.0. The van der Waals surface area contributed by atoms with Gasteiger partial charge in [0.1, 0.15) is 5.75 Å². The van der Waals surface area contributed by atoms with Gasteiger partial charge in [0.15, 0.2) is 15.9 Å². The zero-order valence-corrected chi connectivity index (χ0v) is 20.0. The molecule has 0 aliphatic carbocycles. The molecule has 0 aromatic heterocycles. The van der Waals surface area contributed by atoms with Gasteiger partial charge >= 0.3 is 0 Å². The Kier molecular flexibility index (Phi) is 7.01. The van der Waals surface area contributed by atoms with Gasteiger partial charge in [0.05, 0.1) is 11.5 Å². The molecule has 5 nitrogen and oxygen atoms in total. The molecule has 2 unspecified atom stereocenters. The molecule has 0 saturated carbocycles.